The standard InChI is InChI=1S/C16H23N3O2/c17-11-13-3-4-15-14(10-13)2-1-5-19(15)12-16(20)18-6-8-21-9-7-18/h3-4,10H,1-2,5-9,11-12,17H2. The number of morpholine rings is 1. The summed E-state index contributed by atoms with van der Waals surface area (Å²) in [4.78, 5) is 16.5. The molecule has 0 saturated carbocycles. The molecule has 0 radical (unpaired) electrons. The van der Waals surface area contributed by atoms with Crippen LogP contribution >= 0.6 is 0 Å². The van der Waals surface area contributed by atoms with Crippen molar-refractivity contribution in [3.05, 3.63) is 29.3 Å². The summed E-state index contributed by atoms with van der Waals surface area (Å²) in [5, 5.41) is 0. The van der Waals surface area contributed by atoms with Crippen LogP contribution in [0, 0.1) is 0 Å². The maximum Gasteiger partial charge on any atom is 0.242 e. The van der Waals surface area contributed by atoms with E-state index >= 15 is 0 Å². The fourth-order valence-electron chi connectivity index (χ4n) is 3.10. The van der Waals surface area contributed by atoms with Gasteiger partial charge in [-0.25, -0.2) is 0 Å². The third-order valence-electron chi connectivity index (χ3n) is 4.28. The van der Waals surface area contributed by atoms with Crippen LogP contribution in [-0.2, 0) is 22.5 Å². The SMILES string of the molecule is NCc1ccc2c(c1)CCCN2CC(=O)N1CCOCC1. The molecule has 2 aliphatic heterocycles. The molecule has 3 rings (SSSR count). The topological polar surface area (TPSA) is 58.8 Å². The molecule has 0 atom stereocenters. The van der Waals surface area contributed by atoms with Crippen LogP contribution in [0.5, 0.6) is 0 Å². The molecular weight excluding hydrogens is 266 g/mol. The van der Waals surface area contributed by atoms with Gasteiger partial charge in [0.1, 0.15) is 0 Å². The van der Waals surface area contributed by atoms with Crippen LogP contribution in [-0.4, -0.2) is 50.2 Å². The Morgan fingerprint density at radius 1 is 1.24 bits per heavy atom. The fourth-order valence-corrected chi connectivity index (χ4v) is 3.10. The molecule has 0 spiro atoms. The Hall–Kier alpha value is -1.59. The molecule has 5 heteroatoms. The molecule has 1 fully saturated rings. The number of nitrogens with two attached hydrogens (primary N) is 1. The molecule has 2 heterocycles. The van der Waals surface area contributed by atoms with Crippen LogP contribution in [0.1, 0.15) is 17.5 Å². The molecule has 1 amide bonds. The maximum absolute atomic E-state index is 12.4. The molecule has 1 aromatic carbocycles. The summed E-state index contributed by atoms with van der Waals surface area (Å²) in [6.07, 6.45) is 2.17. The first-order chi connectivity index (χ1) is 10.3. The second-order valence-corrected chi connectivity index (χ2v) is 5.69. The van der Waals surface area contributed by atoms with Crippen LogP contribution in [0.15, 0.2) is 18.2 Å². The number of hydrogen-bond acceptors (Lipinski definition) is 4. The van der Waals surface area contributed by atoms with Gasteiger partial charge in [-0.05, 0) is 30.0 Å². The maximum atomic E-state index is 12.4. The Labute approximate surface area is 125 Å². The number of carbonyl (C=O) groups is 1. The number of ether oxygens (including phenoxy) is 1. The minimum atomic E-state index is 0.203. The van der Waals surface area contributed by atoms with Crippen molar-refractivity contribution in [2.24, 2.45) is 5.73 Å². The Kier molecular flexibility index (Phi) is 4.41. The number of anilines is 1. The van der Waals surface area contributed by atoms with Crippen LogP contribution in [0.2, 0.25) is 0 Å². The second kappa shape index (κ2) is 6.45. The monoisotopic (exact) mass is 289 g/mol. The lowest BCUT2D eigenvalue weighted by Crippen LogP contribution is -2.46. The van der Waals surface area contributed by atoms with Gasteiger partial charge in [0.15, 0.2) is 0 Å². The van der Waals surface area contributed by atoms with Crippen LogP contribution in [0.3, 0.4) is 0 Å². The zero-order valence-electron chi connectivity index (χ0n) is 12.4. The normalized spacial score (nSPS) is 18.5. The second-order valence-electron chi connectivity index (χ2n) is 5.69. The number of carbonyl (C=O) groups excluding carboxylic acids is 1. The summed E-state index contributed by atoms with van der Waals surface area (Å²) in [7, 11) is 0. The van der Waals surface area contributed by atoms with E-state index in [2.05, 4.69) is 23.1 Å². The van der Waals surface area contributed by atoms with Crippen molar-refractivity contribution in [2.45, 2.75) is 19.4 Å². The number of rotatable bonds is 3. The first kappa shape index (κ1) is 14.4. The summed E-state index contributed by atoms with van der Waals surface area (Å²) in [6.45, 7) is 4.72. The molecule has 1 aromatic rings. The third kappa shape index (κ3) is 3.19. The number of amides is 1. The highest BCUT2D eigenvalue weighted by atomic mass is 16.5. The zero-order valence-corrected chi connectivity index (χ0v) is 12.4. The number of hydrogen-bond donors (Lipinski definition) is 1. The third-order valence-corrected chi connectivity index (χ3v) is 4.28. The van der Waals surface area contributed by atoms with Gasteiger partial charge in [-0.3, -0.25) is 4.79 Å². The summed E-state index contributed by atoms with van der Waals surface area (Å²) >= 11 is 0. The van der Waals surface area contributed by atoms with E-state index in [1.165, 1.54) is 11.3 Å². The molecule has 0 unspecified atom stereocenters. The van der Waals surface area contributed by atoms with Gasteiger partial charge in [0, 0.05) is 31.9 Å². The highest BCUT2D eigenvalue weighted by molar-refractivity contribution is 5.82. The van der Waals surface area contributed by atoms with E-state index in [1.54, 1.807) is 0 Å². The Bertz CT molecular complexity index is 512. The molecular formula is C16H23N3O2. The van der Waals surface area contributed by atoms with Gasteiger partial charge >= 0.3 is 0 Å². The van der Waals surface area contributed by atoms with Crippen LogP contribution in [0.25, 0.3) is 0 Å². The van der Waals surface area contributed by atoms with Crippen molar-refractivity contribution in [1.82, 2.24) is 4.90 Å². The number of fused-ring (bicyclic) bond motifs is 1. The van der Waals surface area contributed by atoms with Crippen molar-refractivity contribution >= 4 is 11.6 Å². The average molecular weight is 289 g/mol. The van der Waals surface area contributed by atoms with Gasteiger partial charge in [-0.2, -0.15) is 0 Å². The summed E-state index contributed by atoms with van der Waals surface area (Å²) in [6, 6.07) is 6.36. The van der Waals surface area contributed by atoms with Crippen LogP contribution < -0.4 is 10.6 Å². The lowest BCUT2D eigenvalue weighted by molar-refractivity contribution is -0.133. The molecule has 0 bridgehead atoms. The van der Waals surface area contributed by atoms with E-state index in [-0.39, 0.29) is 5.91 Å². The summed E-state index contributed by atoms with van der Waals surface area (Å²) in [5.41, 5.74) is 9.38. The quantitative estimate of drug-likeness (QED) is 0.892. The molecule has 0 aromatic heterocycles. The smallest absolute Gasteiger partial charge is 0.242 e. The Balaban J connectivity index is 1.71. The number of aryl methyl sites for hydroxylation is 1. The first-order valence-electron chi connectivity index (χ1n) is 7.70. The first-order valence-corrected chi connectivity index (χ1v) is 7.70. The van der Waals surface area contributed by atoms with Gasteiger partial charge < -0.3 is 20.3 Å². The van der Waals surface area contributed by atoms with E-state index in [4.69, 9.17) is 10.5 Å². The van der Waals surface area contributed by atoms with Crippen molar-refractivity contribution in [2.75, 3.05) is 44.3 Å². The van der Waals surface area contributed by atoms with Gasteiger partial charge in [0.25, 0.3) is 0 Å². The average Bonchev–Trinajstić information content (AvgIpc) is 2.55. The van der Waals surface area contributed by atoms with Gasteiger partial charge in [-0.1, -0.05) is 12.1 Å². The lowest BCUT2D eigenvalue weighted by Gasteiger charge is -2.34. The van der Waals surface area contributed by atoms with E-state index in [1.807, 2.05) is 4.90 Å². The summed E-state index contributed by atoms with van der Waals surface area (Å²) < 4.78 is 5.30. The van der Waals surface area contributed by atoms with Crippen molar-refractivity contribution in [3.63, 3.8) is 0 Å². The van der Waals surface area contributed by atoms with Gasteiger partial charge in [-0.15, -0.1) is 0 Å². The minimum absolute atomic E-state index is 0.203. The zero-order chi connectivity index (χ0) is 14.7. The van der Waals surface area contributed by atoms with Crippen molar-refractivity contribution in [1.29, 1.82) is 0 Å². The van der Waals surface area contributed by atoms with Gasteiger partial charge in [0.05, 0.1) is 19.8 Å². The van der Waals surface area contributed by atoms with E-state index in [0.717, 1.165) is 24.9 Å². The van der Waals surface area contributed by atoms with Crippen LogP contribution in [0.4, 0.5) is 5.69 Å². The van der Waals surface area contributed by atoms with Gasteiger partial charge in [0.2, 0.25) is 5.91 Å². The largest absolute Gasteiger partial charge is 0.378 e. The number of benzene rings is 1. The lowest BCUT2D eigenvalue weighted by atomic mass is 9.99. The molecule has 2 N–H and O–H groups in total. The predicted octanol–water partition coefficient (Wildman–Crippen LogP) is 0.757. The Morgan fingerprint density at radius 2 is 2.05 bits per heavy atom. The fraction of sp³-hybridized carbons (Fsp3) is 0.562. The van der Waals surface area contributed by atoms with E-state index in [9.17, 15) is 4.79 Å². The highest BCUT2D eigenvalue weighted by Crippen LogP contribution is 2.28. The minimum Gasteiger partial charge on any atom is -0.378 e. The molecule has 5 nitrogen and oxygen atoms in total. The summed E-state index contributed by atoms with van der Waals surface area (Å²) in [5.74, 6) is 0.203. The van der Waals surface area contributed by atoms with E-state index < -0.39 is 0 Å². The van der Waals surface area contributed by atoms with Crippen molar-refractivity contribution in [3.8, 4) is 0 Å². The predicted molar refractivity (Wildman–Crippen MR) is 82.3 cm³/mol. The molecule has 114 valence electrons. The molecule has 0 aliphatic carbocycles. The molecule has 2 aliphatic rings. The highest BCUT2D eigenvalue weighted by Gasteiger charge is 2.23. The number of nitrogens with zero attached hydrogens (tertiary/aromatic N) is 2. The Morgan fingerprint density at radius 3 is 2.81 bits per heavy atom. The molecule has 21 heavy (non-hydrogen) atoms. The van der Waals surface area contributed by atoms with E-state index in [0.29, 0.717) is 39.4 Å². The molecule has 1 saturated heterocycles. The van der Waals surface area contributed by atoms with Crippen molar-refractivity contribution < 1.29 is 9.53 Å².